The molecule has 0 aliphatic carbocycles. The fourth-order valence-electron chi connectivity index (χ4n) is 4.52. The molecule has 0 saturated carbocycles. The van der Waals surface area contributed by atoms with Crippen molar-refractivity contribution in [2.75, 3.05) is 13.1 Å². The summed E-state index contributed by atoms with van der Waals surface area (Å²) in [6.45, 7) is 2.48. The third kappa shape index (κ3) is 4.97. The van der Waals surface area contributed by atoms with Gasteiger partial charge in [0.25, 0.3) is 0 Å². The van der Waals surface area contributed by atoms with Gasteiger partial charge in [0, 0.05) is 12.5 Å². The van der Waals surface area contributed by atoms with Gasteiger partial charge in [-0.05, 0) is 64.2 Å². The van der Waals surface area contributed by atoms with Crippen LogP contribution in [0.25, 0.3) is 21.9 Å². The van der Waals surface area contributed by atoms with Gasteiger partial charge in [0.05, 0.1) is 12.7 Å². The van der Waals surface area contributed by atoms with Crippen LogP contribution in [-0.2, 0) is 11.3 Å². The Bertz CT molecular complexity index is 1180. The van der Waals surface area contributed by atoms with Crippen LogP contribution in [0, 0.1) is 0 Å². The molecule has 32 heavy (non-hydrogen) atoms. The van der Waals surface area contributed by atoms with Crippen LogP contribution in [-0.4, -0.2) is 24.3 Å². The van der Waals surface area contributed by atoms with Gasteiger partial charge in [-0.25, -0.2) is 0 Å². The molecule has 0 bridgehead atoms. The zero-order valence-corrected chi connectivity index (χ0v) is 18.7. The summed E-state index contributed by atoms with van der Waals surface area (Å²) in [5, 5.41) is 15.6. The van der Waals surface area contributed by atoms with Crippen LogP contribution in [0.4, 0.5) is 0 Å². The summed E-state index contributed by atoms with van der Waals surface area (Å²) in [4.78, 5) is 0. The van der Waals surface area contributed by atoms with Crippen molar-refractivity contribution in [1.29, 1.82) is 0 Å². The fourth-order valence-corrected chi connectivity index (χ4v) is 4.52. The number of hydrogen-bond acceptors (Lipinski definition) is 3. The highest BCUT2D eigenvalue weighted by Gasteiger charge is 2.27. The number of piperidine rings is 1. The normalized spacial score (nSPS) is 18.2. The Morgan fingerprint density at radius 2 is 1.62 bits per heavy atom. The minimum absolute atomic E-state index is 0. The van der Waals surface area contributed by atoms with E-state index < -0.39 is 0 Å². The van der Waals surface area contributed by atoms with Crippen molar-refractivity contribution in [2.45, 2.75) is 25.0 Å². The Hall–Kier alpha value is -2.85. The van der Waals surface area contributed by atoms with Crippen LogP contribution in [0.15, 0.2) is 91.0 Å². The molecule has 5 rings (SSSR count). The van der Waals surface area contributed by atoms with Crippen LogP contribution >= 0.6 is 12.4 Å². The standard InChI is InChI=1S/C28H27NO2.ClH/c30-26-12-10-22(11-13-26)24-6-3-7-25(17-24)27-14-15-29-18-28(27)31-19-20-8-9-21-4-1-2-5-23(21)16-20;/h1-13,16-17,27-30H,14-15,18-19H2;1H. The quantitative estimate of drug-likeness (QED) is 0.379. The molecular weight excluding hydrogens is 418 g/mol. The topological polar surface area (TPSA) is 41.5 Å². The van der Waals surface area contributed by atoms with Crippen molar-refractivity contribution in [2.24, 2.45) is 0 Å². The smallest absolute Gasteiger partial charge is 0.115 e. The zero-order chi connectivity index (χ0) is 21.0. The fraction of sp³-hybridized carbons (Fsp3) is 0.214. The van der Waals surface area contributed by atoms with Crippen molar-refractivity contribution in [3.63, 3.8) is 0 Å². The Kier molecular flexibility index (Phi) is 7.11. The number of rotatable bonds is 5. The van der Waals surface area contributed by atoms with Gasteiger partial charge in [-0.2, -0.15) is 0 Å². The molecule has 1 aliphatic heterocycles. The largest absolute Gasteiger partial charge is 0.508 e. The predicted octanol–water partition coefficient (Wildman–Crippen LogP) is 6.30. The van der Waals surface area contributed by atoms with Crippen molar-refractivity contribution in [1.82, 2.24) is 5.32 Å². The minimum atomic E-state index is 0. The second-order valence-electron chi connectivity index (χ2n) is 8.30. The molecule has 1 fully saturated rings. The lowest BCUT2D eigenvalue weighted by Gasteiger charge is -2.33. The summed E-state index contributed by atoms with van der Waals surface area (Å²) >= 11 is 0. The Morgan fingerprint density at radius 3 is 2.47 bits per heavy atom. The summed E-state index contributed by atoms with van der Waals surface area (Å²) in [5.74, 6) is 0.652. The molecule has 4 heteroatoms. The molecule has 2 atom stereocenters. The maximum atomic E-state index is 9.58. The summed E-state index contributed by atoms with van der Waals surface area (Å²) < 4.78 is 6.45. The maximum absolute atomic E-state index is 9.58. The molecule has 164 valence electrons. The summed E-state index contributed by atoms with van der Waals surface area (Å²) in [5.41, 5.74) is 4.81. The highest BCUT2D eigenvalue weighted by molar-refractivity contribution is 5.85. The molecule has 2 N–H and O–H groups in total. The SMILES string of the molecule is Cl.Oc1ccc(-c2cccc(C3CCNCC3OCc3ccc4ccccc4c3)c2)cc1. The predicted molar refractivity (Wildman–Crippen MR) is 134 cm³/mol. The van der Waals surface area contributed by atoms with Gasteiger partial charge < -0.3 is 15.2 Å². The van der Waals surface area contributed by atoms with Gasteiger partial charge in [-0.15, -0.1) is 12.4 Å². The molecule has 1 saturated heterocycles. The lowest BCUT2D eigenvalue weighted by molar-refractivity contribution is 0.0107. The monoisotopic (exact) mass is 445 g/mol. The highest BCUT2D eigenvalue weighted by Crippen LogP contribution is 2.32. The zero-order valence-electron chi connectivity index (χ0n) is 17.9. The second-order valence-corrected chi connectivity index (χ2v) is 8.30. The number of phenolic OH excluding ortho intramolecular Hbond substituents is 1. The Labute approximate surface area is 195 Å². The summed E-state index contributed by atoms with van der Waals surface area (Å²) in [7, 11) is 0. The third-order valence-corrected chi connectivity index (χ3v) is 6.22. The second kappa shape index (κ2) is 10.2. The van der Waals surface area contributed by atoms with E-state index in [1.54, 1.807) is 12.1 Å². The first-order valence-corrected chi connectivity index (χ1v) is 11.0. The van der Waals surface area contributed by atoms with Crippen molar-refractivity contribution in [3.05, 3.63) is 102 Å². The first-order chi connectivity index (χ1) is 15.3. The number of halogens is 1. The number of hydrogen-bond donors (Lipinski definition) is 2. The van der Waals surface area contributed by atoms with Crippen LogP contribution in [0.1, 0.15) is 23.5 Å². The average molecular weight is 446 g/mol. The van der Waals surface area contributed by atoms with E-state index in [1.165, 1.54) is 27.5 Å². The minimum Gasteiger partial charge on any atom is -0.508 e. The van der Waals surface area contributed by atoms with Gasteiger partial charge >= 0.3 is 0 Å². The molecule has 0 radical (unpaired) electrons. The van der Waals surface area contributed by atoms with E-state index in [2.05, 4.69) is 72.0 Å². The average Bonchev–Trinajstić information content (AvgIpc) is 2.83. The van der Waals surface area contributed by atoms with Crippen LogP contribution in [0.2, 0.25) is 0 Å². The molecule has 1 heterocycles. The maximum Gasteiger partial charge on any atom is 0.115 e. The number of ether oxygens (including phenoxy) is 1. The molecule has 4 aromatic carbocycles. The van der Waals surface area contributed by atoms with Gasteiger partial charge in [-0.1, -0.05) is 72.8 Å². The molecular formula is C28H28ClNO2. The van der Waals surface area contributed by atoms with Crippen molar-refractivity contribution < 1.29 is 9.84 Å². The molecule has 0 amide bonds. The molecule has 4 aromatic rings. The van der Waals surface area contributed by atoms with Crippen LogP contribution in [0.3, 0.4) is 0 Å². The summed E-state index contributed by atoms with van der Waals surface area (Å²) in [6, 6.07) is 31.2. The Balaban J connectivity index is 0.00000245. The van der Waals surface area contributed by atoms with E-state index in [9.17, 15) is 5.11 Å². The van der Waals surface area contributed by atoms with Crippen molar-refractivity contribution in [3.8, 4) is 16.9 Å². The number of phenols is 1. The molecule has 3 nitrogen and oxygen atoms in total. The van der Waals surface area contributed by atoms with E-state index >= 15 is 0 Å². The first kappa shape index (κ1) is 22.3. The number of aromatic hydroxyl groups is 1. The number of nitrogens with one attached hydrogen (secondary N) is 1. The highest BCUT2D eigenvalue weighted by atomic mass is 35.5. The van der Waals surface area contributed by atoms with Gasteiger partial charge in [0.15, 0.2) is 0 Å². The molecule has 1 aliphatic rings. The van der Waals surface area contributed by atoms with Crippen LogP contribution < -0.4 is 5.32 Å². The Morgan fingerprint density at radius 1 is 0.812 bits per heavy atom. The molecule has 2 unspecified atom stereocenters. The number of fused-ring (bicyclic) bond motifs is 1. The van der Waals surface area contributed by atoms with Crippen LogP contribution in [0.5, 0.6) is 5.75 Å². The van der Waals surface area contributed by atoms with Gasteiger partial charge in [-0.3, -0.25) is 0 Å². The van der Waals surface area contributed by atoms with E-state index in [4.69, 9.17) is 4.74 Å². The lowest BCUT2D eigenvalue weighted by atomic mass is 9.86. The lowest BCUT2D eigenvalue weighted by Crippen LogP contribution is -2.41. The van der Waals surface area contributed by atoms with Crippen molar-refractivity contribution >= 4 is 23.2 Å². The first-order valence-electron chi connectivity index (χ1n) is 11.0. The number of benzene rings is 4. The molecule has 0 aromatic heterocycles. The third-order valence-electron chi connectivity index (χ3n) is 6.22. The van der Waals surface area contributed by atoms with E-state index in [-0.39, 0.29) is 18.5 Å². The summed E-state index contributed by atoms with van der Waals surface area (Å²) in [6.07, 6.45) is 1.19. The van der Waals surface area contributed by atoms with E-state index in [0.717, 1.165) is 25.1 Å². The van der Waals surface area contributed by atoms with Gasteiger partial charge in [0.2, 0.25) is 0 Å². The van der Waals surface area contributed by atoms with Gasteiger partial charge in [0.1, 0.15) is 5.75 Å². The van der Waals surface area contributed by atoms with E-state index in [1.807, 2.05) is 12.1 Å². The van der Waals surface area contributed by atoms with E-state index in [0.29, 0.717) is 18.3 Å². The molecule has 0 spiro atoms.